The van der Waals surface area contributed by atoms with Gasteiger partial charge in [-0.2, -0.15) is 18.2 Å². The van der Waals surface area contributed by atoms with Crippen LogP contribution < -0.4 is 15.5 Å². The number of amides is 1. The molecule has 4 N–H and O–H groups in total. The van der Waals surface area contributed by atoms with E-state index in [1.54, 1.807) is 19.1 Å². The largest absolute Gasteiger partial charge is 0.421 e. The van der Waals surface area contributed by atoms with Gasteiger partial charge >= 0.3 is 6.18 Å². The van der Waals surface area contributed by atoms with Crippen molar-refractivity contribution in [3.05, 3.63) is 51.7 Å². The molecule has 4 aromatic rings. The van der Waals surface area contributed by atoms with Gasteiger partial charge in [0.2, 0.25) is 5.95 Å². The van der Waals surface area contributed by atoms with Gasteiger partial charge in [-0.3, -0.25) is 4.79 Å². The van der Waals surface area contributed by atoms with Crippen LogP contribution in [0.1, 0.15) is 52.5 Å². The van der Waals surface area contributed by atoms with E-state index in [4.69, 9.17) is 5.11 Å². The zero-order valence-corrected chi connectivity index (χ0v) is 25.9. The first-order valence-corrected chi connectivity index (χ1v) is 15.9. The van der Waals surface area contributed by atoms with E-state index in [1.807, 2.05) is 22.1 Å². The molecule has 0 radical (unpaired) electrons. The van der Waals surface area contributed by atoms with Gasteiger partial charge in [-0.1, -0.05) is 0 Å². The van der Waals surface area contributed by atoms with Crippen LogP contribution in [0, 0.1) is 6.92 Å². The fraction of sp³-hybridized carbons (Fsp3) is 0.429. The number of thiazole rings is 2. The van der Waals surface area contributed by atoms with Crippen LogP contribution >= 0.6 is 22.7 Å². The number of aliphatic hydroxyl groups is 2. The number of rotatable bonds is 9. The first kappa shape index (κ1) is 31.1. The Morgan fingerprint density at radius 2 is 1.89 bits per heavy atom. The molecule has 2 bridgehead atoms. The lowest BCUT2D eigenvalue weighted by Crippen LogP contribution is -2.56. The van der Waals surface area contributed by atoms with Crippen molar-refractivity contribution in [3.8, 4) is 10.6 Å². The molecule has 6 rings (SSSR count). The summed E-state index contributed by atoms with van der Waals surface area (Å²) in [4.78, 5) is 39.7. The first-order valence-electron chi connectivity index (χ1n) is 14.2. The second-order valence-electron chi connectivity index (χ2n) is 10.8. The number of alkyl halides is 3. The molecule has 2 fully saturated rings. The molecule has 0 aliphatic carbocycles. The number of pyridine rings is 1. The van der Waals surface area contributed by atoms with Crippen molar-refractivity contribution in [1.29, 1.82) is 0 Å². The minimum atomic E-state index is -4.64. The summed E-state index contributed by atoms with van der Waals surface area (Å²) in [7, 11) is 0. The number of aryl methyl sites for hydroxylation is 1. The molecule has 1 amide bonds. The van der Waals surface area contributed by atoms with Gasteiger partial charge in [0.1, 0.15) is 28.3 Å². The lowest BCUT2D eigenvalue weighted by atomic mass is 10.1. The smallest absolute Gasteiger partial charge is 0.395 e. The van der Waals surface area contributed by atoms with Gasteiger partial charge in [0.25, 0.3) is 5.91 Å². The number of aliphatic hydroxyl groups excluding tert-OH is 2. The van der Waals surface area contributed by atoms with Crippen LogP contribution in [0.3, 0.4) is 0 Å². The van der Waals surface area contributed by atoms with E-state index in [9.17, 15) is 23.1 Å². The van der Waals surface area contributed by atoms with Gasteiger partial charge in [-0.15, -0.1) is 22.7 Å². The van der Waals surface area contributed by atoms with Gasteiger partial charge in [0.05, 0.1) is 40.5 Å². The predicted octanol–water partition coefficient (Wildman–Crippen LogP) is 4.47. The highest BCUT2D eigenvalue weighted by atomic mass is 32.1. The second kappa shape index (κ2) is 12.5. The predicted molar refractivity (Wildman–Crippen MR) is 164 cm³/mol. The molecule has 12 nitrogen and oxygen atoms in total. The zero-order valence-electron chi connectivity index (χ0n) is 24.2. The Hall–Kier alpha value is -3.93. The number of carbonyl (C=O) groups excluding carboxylic acids is 1. The monoisotopic (exact) mass is 661 g/mol. The molecule has 238 valence electrons. The Kier molecular flexibility index (Phi) is 8.60. The van der Waals surface area contributed by atoms with Crippen LogP contribution in [0.15, 0.2) is 29.9 Å². The number of nitrogens with one attached hydrogen (secondary N) is 2. The highest BCUT2D eigenvalue weighted by Crippen LogP contribution is 2.37. The lowest BCUT2D eigenvalue weighted by molar-refractivity contribution is -0.137. The van der Waals surface area contributed by atoms with Crippen LogP contribution in [0.2, 0.25) is 0 Å². The summed E-state index contributed by atoms with van der Waals surface area (Å²) in [6, 6.07) is 3.10. The topological polar surface area (TPSA) is 153 Å². The molecule has 2 unspecified atom stereocenters. The van der Waals surface area contributed by atoms with Crippen molar-refractivity contribution < 1.29 is 28.2 Å². The SMILES string of the molecule is Cc1nc(C(C)O)sc1-c1csc(Nc2ccc(C(=O)N3C4CC[C@H]3CN(c3ncc(C(F)(F)F)c(NCCO)n3)C4)cn2)n1. The Bertz CT molecular complexity index is 1670. The van der Waals surface area contributed by atoms with Crippen molar-refractivity contribution >= 4 is 51.3 Å². The Labute approximate surface area is 264 Å². The molecule has 0 aromatic carbocycles. The second-order valence-corrected chi connectivity index (χ2v) is 12.7. The van der Waals surface area contributed by atoms with Crippen molar-refractivity contribution in [2.75, 3.05) is 41.8 Å². The van der Waals surface area contributed by atoms with Crippen LogP contribution in [-0.2, 0) is 6.18 Å². The summed E-state index contributed by atoms with van der Waals surface area (Å²) in [6.07, 6.45) is -1.52. The van der Waals surface area contributed by atoms with Gasteiger partial charge in [0, 0.05) is 37.4 Å². The van der Waals surface area contributed by atoms with Crippen LogP contribution in [0.4, 0.5) is 35.9 Å². The van der Waals surface area contributed by atoms with Crippen molar-refractivity contribution in [2.24, 2.45) is 0 Å². The van der Waals surface area contributed by atoms with Gasteiger partial charge in [-0.25, -0.2) is 19.9 Å². The maximum Gasteiger partial charge on any atom is 0.421 e. The third-order valence-corrected chi connectivity index (χ3v) is 9.75. The van der Waals surface area contributed by atoms with Crippen molar-refractivity contribution in [2.45, 2.75) is 51.1 Å². The van der Waals surface area contributed by atoms with Crippen LogP contribution in [0.5, 0.6) is 0 Å². The summed E-state index contributed by atoms with van der Waals surface area (Å²) >= 11 is 2.81. The molecule has 17 heteroatoms. The third kappa shape index (κ3) is 6.43. The maximum absolute atomic E-state index is 13.6. The van der Waals surface area contributed by atoms with Crippen LogP contribution in [-0.4, -0.2) is 84.3 Å². The van der Waals surface area contributed by atoms with E-state index in [1.165, 1.54) is 28.9 Å². The summed E-state index contributed by atoms with van der Waals surface area (Å²) < 4.78 is 40.4. The average Bonchev–Trinajstić information content (AvgIpc) is 3.70. The van der Waals surface area contributed by atoms with Gasteiger partial charge in [-0.05, 0) is 38.8 Å². The van der Waals surface area contributed by atoms with Crippen LogP contribution in [0.25, 0.3) is 10.6 Å². The molecule has 2 saturated heterocycles. The van der Waals surface area contributed by atoms with Gasteiger partial charge in [0.15, 0.2) is 5.13 Å². The molecule has 0 saturated carbocycles. The Balaban J connectivity index is 1.11. The highest BCUT2D eigenvalue weighted by molar-refractivity contribution is 7.17. The fourth-order valence-corrected chi connectivity index (χ4v) is 7.31. The van der Waals surface area contributed by atoms with Crippen molar-refractivity contribution in [1.82, 2.24) is 29.8 Å². The Morgan fingerprint density at radius 1 is 1.13 bits per heavy atom. The molecular formula is C28H30F3N9O3S2. The fourth-order valence-electron chi connectivity index (χ4n) is 5.56. The third-order valence-electron chi connectivity index (χ3n) is 7.64. The van der Waals surface area contributed by atoms with E-state index in [0.29, 0.717) is 34.6 Å². The standard InChI is InChI=1S/C28H30F3N9O3S2/c1-14-22(45-24(35-14)15(2)42)20-13-44-27(36-20)37-21-6-3-16(9-33-21)25(43)40-17-4-5-18(40)12-39(11-17)26-34-10-19(28(29,30)31)23(38-26)32-7-8-41/h3,6,9-10,13,15,17-18,41-42H,4-5,7-8,11-12H2,1-2H3,(H,32,34,38)(H,33,36,37)/t15?,17-,18?/m0/s1. The number of hydrogen-bond donors (Lipinski definition) is 4. The van der Waals surface area contributed by atoms with Crippen molar-refractivity contribution in [3.63, 3.8) is 0 Å². The van der Waals surface area contributed by atoms with E-state index >= 15 is 0 Å². The van der Waals surface area contributed by atoms with Gasteiger partial charge < -0.3 is 30.6 Å². The average molecular weight is 662 g/mol. The summed E-state index contributed by atoms with van der Waals surface area (Å²) in [5.74, 6) is 0.121. The number of carbonyl (C=O) groups is 1. The quantitative estimate of drug-likeness (QED) is 0.201. The normalized spacial score (nSPS) is 18.7. The molecule has 3 atom stereocenters. The summed E-state index contributed by atoms with van der Waals surface area (Å²) in [5, 5.41) is 27.8. The number of fused-ring (bicyclic) bond motifs is 2. The minimum absolute atomic E-state index is 0.0849. The molecule has 2 aliphatic heterocycles. The summed E-state index contributed by atoms with van der Waals surface area (Å²) in [6.45, 7) is 3.88. The zero-order chi connectivity index (χ0) is 31.9. The number of aromatic nitrogens is 5. The number of nitrogens with zero attached hydrogens (tertiary/aromatic N) is 7. The highest BCUT2D eigenvalue weighted by Gasteiger charge is 2.44. The molecule has 0 spiro atoms. The molecule has 2 aliphatic rings. The lowest BCUT2D eigenvalue weighted by Gasteiger charge is -2.41. The first-order chi connectivity index (χ1) is 21.5. The maximum atomic E-state index is 13.6. The molecule has 6 heterocycles. The number of halogens is 3. The minimum Gasteiger partial charge on any atom is -0.395 e. The number of anilines is 4. The molecule has 4 aromatic heterocycles. The van der Waals surface area contributed by atoms with E-state index in [0.717, 1.165) is 35.3 Å². The molecular weight excluding hydrogens is 631 g/mol. The summed E-state index contributed by atoms with van der Waals surface area (Å²) in [5.41, 5.74) is 0.983. The molecule has 45 heavy (non-hydrogen) atoms. The number of piperazine rings is 1. The number of hydrogen-bond acceptors (Lipinski definition) is 13. The van der Waals surface area contributed by atoms with E-state index in [2.05, 4.69) is 35.6 Å². The van der Waals surface area contributed by atoms with E-state index < -0.39 is 17.8 Å². The van der Waals surface area contributed by atoms with E-state index in [-0.39, 0.29) is 42.9 Å². The Morgan fingerprint density at radius 3 is 2.51 bits per heavy atom.